The van der Waals surface area contributed by atoms with E-state index in [1.165, 1.54) is 32.1 Å². The molecule has 0 aromatic carbocycles. The average Bonchev–Trinajstić information content (AvgIpc) is 2.67. The first kappa shape index (κ1) is 8.69. The first-order chi connectivity index (χ1) is 6.40. The molecule has 1 saturated carbocycles. The summed E-state index contributed by atoms with van der Waals surface area (Å²) < 4.78 is 5.43. The Bertz CT molecular complexity index is 266. The fourth-order valence-electron chi connectivity index (χ4n) is 1.86. The van der Waals surface area contributed by atoms with E-state index in [9.17, 15) is 0 Å². The zero-order valence-corrected chi connectivity index (χ0v) is 7.70. The predicted molar refractivity (Wildman–Crippen MR) is 48.0 cm³/mol. The van der Waals surface area contributed by atoms with Gasteiger partial charge < -0.3 is 10.2 Å². The van der Waals surface area contributed by atoms with E-state index in [0.717, 1.165) is 5.89 Å². The molecule has 13 heavy (non-hydrogen) atoms. The first-order valence-corrected chi connectivity index (χ1v) is 4.92. The van der Waals surface area contributed by atoms with E-state index in [1.807, 2.05) is 0 Å². The number of aromatic nitrogens is 2. The van der Waals surface area contributed by atoms with Gasteiger partial charge in [-0.25, -0.2) is 0 Å². The summed E-state index contributed by atoms with van der Waals surface area (Å²) in [7, 11) is 0. The standard InChI is InChI=1S/C9H15N3O/c10-6-8-11-12-9(13-8)7-4-2-1-3-5-7/h7H,1-6,10H2. The highest BCUT2D eigenvalue weighted by Crippen LogP contribution is 2.31. The van der Waals surface area contributed by atoms with Crippen molar-refractivity contribution in [2.75, 3.05) is 0 Å². The molecule has 0 amide bonds. The quantitative estimate of drug-likeness (QED) is 0.752. The first-order valence-electron chi connectivity index (χ1n) is 4.92. The minimum atomic E-state index is 0.347. The molecule has 0 atom stereocenters. The maximum absolute atomic E-state index is 5.43. The van der Waals surface area contributed by atoms with Crippen LogP contribution in [0.2, 0.25) is 0 Å². The molecular formula is C9H15N3O. The Morgan fingerprint density at radius 1 is 1.23 bits per heavy atom. The summed E-state index contributed by atoms with van der Waals surface area (Å²) in [6, 6.07) is 0. The van der Waals surface area contributed by atoms with Crippen molar-refractivity contribution in [2.24, 2.45) is 5.73 Å². The van der Waals surface area contributed by atoms with Gasteiger partial charge in [-0.3, -0.25) is 0 Å². The molecule has 0 spiro atoms. The maximum atomic E-state index is 5.43. The maximum Gasteiger partial charge on any atom is 0.230 e. The molecule has 0 bridgehead atoms. The second kappa shape index (κ2) is 3.87. The SMILES string of the molecule is NCc1nnc(C2CCCCC2)o1. The van der Waals surface area contributed by atoms with Gasteiger partial charge in [0.05, 0.1) is 6.54 Å². The van der Waals surface area contributed by atoms with E-state index < -0.39 is 0 Å². The predicted octanol–water partition coefficient (Wildman–Crippen LogP) is 1.58. The minimum absolute atomic E-state index is 0.347. The van der Waals surface area contributed by atoms with Crippen LogP contribution in [0.4, 0.5) is 0 Å². The molecule has 1 aliphatic rings. The Kier molecular flexibility index (Phi) is 2.59. The van der Waals surface area contributed by atoms with Crippen LogP contribution < -0.4 is 5.73 Å². The molecule has 1 aromatic rings. The van der Waals surface area contributed by atoms with Crippen LogP contribution >= 0.6 is 0 Å². The van der Waals surface area contributed by atoms with Gasteiger partial charge in [0.25, 0.3) is 0 Å². The third-order valence-corrected chi connectivity index (χ3v) is 2.61. The molecule has 2 rings (SSSR count). The number of hydrogen-bond donors (Lipinski definition) is 1. The van der Waals surface area contributed by atoms with Gasteiger partial charge in [0.15, 0.2) is 0 Å². The molecule has 4 nitrogen and oxygen atoms in total. The highest BCUT2D eigenvalue weighted by Gasteiger charge is 2.20. The molecule has 1 aromatic heterocycles. The normalized spacial score (nSPS) is 19.2. The molecular weight excluding hydrogens is 166 g/mol. The zero-order chi connectivity index (χ0) is 9.10. The van der Waals surface area contributed by atoms with Gasteiger partial charge in [0.1, 0.15) is 0 Å². The summed E-state index contributed by atoms with van der Waals surface area (Å²) in [4.78, 5) is 0. The van der Waals surface area contributed by atoms with Gasteiger partial charge in [0.2, 0.25) is 11.8 Å². The molecule has 2 N–H and O–H groups in total. The lowest BCUT2D eigenvalue weighted by Gasteiger charge is -2.17. The number of nitrogens with two attached hydrogens (primary N) is 1. The van der Waals surface area contributed by atoms with Crippen molar-refractivity contribution < 1.29 is 4.42 Å². The largest absolute Gasteiger partial charge is 0.424 e. The summed E-state index contributed by atoms with van der Waals surface area (Å²) in [5.74, 6) is 1.84. The fraction of sp³-hybridized carbons (Fsp3) is 0.778. The van der Waals surface area contributed by atoms with E-state index in [0.29, 0.717) is 18.4 Å². The number of rotatable bonds is 2. The Morgan fingerprint density at radius 3 is 2.62 bits per heavy atom. The minimum Gasteiger partial charge on any atom is -0.424 e. The summed E-state index contributed by atoms with van der Waals surface area (Å²) in [6.07, 6.45) is 6.28. The van der Waals surface area contributed by atoms with Crippen LogP contribution in [0.3, 0.4) is 0 Å². The topological polar surface area (TPSA) is 64.9 Å². The van der Waals surface area contributed by atoms with Gasteiger partial charge in [0, 0.05) is 5.92 Å². The molecule has 72 valence electrons. The van der Waals surface area contributed by atoms with Gasteiger partial charge >= 0.3 is 0 Å². The third-order valence-electron chi connectivity index (χ3n) is 2.61. The number of hydrogen-bond acceptors (Lipinski definition) is 4. The van der Waals surface area contributed by atoms with Crippen molar-refractivity contribution >= 4 is 0 Å². The van der Waals surface area contributed by atoms with Crippen LogP contribution in [-0.4, -0.2) is 10.2 Å². The van der Waals surface area contributed by atoms with Crippen molar-refractivity contribution in [1.29, 1.82) is 0 Å². The summed E-state index contributed by atoms with van der Waals surface area (Å²) >= 11 is 0. The monoisotopic (exact) mass is 181 g/mol. The zero-order valence-electron chi connectivity index (χ0n) is 7.70. The smallest absolute Gasteiger partial charge is 0.230 e. The van der Waals surface area contributed by atoms with Crippen molar-refractivity contribution in [1.82, 2.24) is 10.2 Å². The van der Waals surface area contributed by atoms with Gasteiger partial charge in [-0.1, -0.05) is 19.3 Å². The highest BCUT2D eigenvalue weighted by molar-refractivity contribution is 4.92. The third kappa shape index (κ3) is 1.88. The molecule has 0 saturated heterocycles. The number of nitrogens with zero attached hydrogens (tertiary/aromatic N) is 2. The summed E-state index contributed by atoms with van der Waals surface area (Å²) in [5.41, 5.74) is 5.40. The van der Waals surface area contributed by atoms with Gasteiger partial charge in [-0.05, 0) is 12.8 Å². The molecule has 1 fully saturated rings. The lowest BCUT2D eigenvalue weighted by molar-refractivity contribution is 0.351. The van der Waals surface area contributed by atoms with E-state index in [4.69, 9.17) is 10.2 Å². The van der Waals surface area contributed by atoms with Crippen molar-refractivity contribution in [3.05, 3.63) is 11.8 Å². The van der Waals surface area contributed by atoms with Gasteiger partial charge in [-0.2, -0.15) is 0 Å². The molecule has 4 heteroatoms. The molecule has 1 heterocycles. The van der Waals surface area contributed by atoms with Crippen LogP contribution in [0, 0.1) is 0 Å². The van der Waals surface area contributed by atoms with E-state index >= 15 is 0 Å². The van der Waals surface area contributed by atoms with Crippen LogP contribution in [0.5, 0.6) is 0 Å². The lowest BCUT2D eigenvalue weighted by Crippen LogP contribution is -2.04. The van der Waals surface area contributed by atoms with E-state index in [1.54, 1.807) is 0 Å². The molecule has 0 radical (unpaired) electrons. The Hall–Kier alpha value is -0.900. The second-order valence-electron chi connectivity index (χ2n) is 3.57. The van der Waals surface area contributed by atoms with Crippen molar-refractivity contribution in [2.45, 2.75) is 44.6 Å². The highest BCUT2D eigenvalue weighted by atomic mass is 16.4. The van der Waals surface area contributed by atoms with Crippen LogP contribution in [0.25, 0.3) is 0 Å². The van der Waals surface area contributed by atoms with E-state index in [-0.39, 0.29) is 0 Å². The lowest BCUT2D eigenvalue weighted by atomic mass is 9.89. The van der Waals surface area contributed by atoms with Crippen LogP contribution in [-0.2, 0) is 6.54 Å². The molecule has 1 aliphatic carbocycles. The van der Waals surface area contributed by atoms with E-state index in [2.05, 4.69) is 10.2 Å². The van der Waals surface area contributed by atoms with Crippen molar-refractivity contribution in [3.8, 4) is 0 Å². The second-order valence-corrected chi connectivity index (χ2v) is 3.57. The summed E-state index contributed by atoms with van der Waals surface area (Å²) in [5, 5.41) is 7.88. The van der Waals surface area contributed by atoms with Crippen LogP contribution in [0.1, 0.15) is 49.8 Å². The average molecular weight is 181 g/mol. The van der Waals surface area contributed by atoms with Crippen molar-refractivity contribution in [3.63, 3.8) is 0 Å². The van der Waals surface area contributed by atoms with Crippen LogP contribution in [0.15, 0.2) is 4.42 Å². The Morgan fingerprint density at radius 2 is 2.00 bits per heavy atom. The molecule has 0 unspecified atom stereocenters. The van der Waals surface area contributed by atoms with Gasteiger partial charge in [-0.15, -0.1) is 10.2 Å². The fourth-order valence-corrected chi connectivity index (χ4v) is 1.86. The Balaban J connectivity index is 2.05. The Labute approximate surface area is 77.5 Å². The molecule has 0 aliphatic heterocycles. The summed E-state index contributed by atoms with van der Waals surface area (Å²) in [6.45, 7) is 0.347.